The van der Waals surface area contributed by atoms with Crippen LogP contribution in [0.3, 0.4) is 0 Å². The Morgan fingerprint density at radius 1 is 0.970 bits per heavy atom. The van der Waals surface area contributed by atoms with E-state index in [-0.39, 0.29) is 47.5 Å². The fraction of sp³-hybridized carbons (Fsp3) is 0.393. The van der Waals surface area contributed by atoms with Gasteiger partial charge in [-0.15, -0.1) is 0 Å². The van der Waals surface area contributed by atoms with Crippen LogP contribution in [0.1, 0.15) is 55.6 Å². The van der Waals surface area contributed by atoms with Gasteiger partial charge in [-0.2, -0.15) is 0 Å². The first-order chi connectivity index (χ1) is 15.6. The number of rotatable bonds is 4. The highest BCUT2D eigenvalue weighted by atomic mass is 16.5. The van der Waals surface area contributed by atoms with Crippen LogP contribution in [0.4, 0.5) is 5.69 Å². The Kier molecular flexibility index (Phi) is 5.04. The maximum Gasteiger partial charge on any atom is 0.338 e. The zero-order chi connectivity index (χ0) is 23.5. The molecule has 0 radical (unpaired) electrons. The molecular formula is C28H29NO4. The van der Waals surface area contributed by atoms with Crippen molar-refractivity contribution in [3.8, 4) is 0 Å². The molecule has 2 aliphatic carbocycles. The lowest BCUT2D eigenvalue weighted by Crippen LogP contribution is -2.32. The van der Waals surface area contributed by atoms with Crippen molar-refractivity contribution in [3.63, 3.8) is 0 Å². The minimum atomic E-state index is -0.435. The monoisotopic (exact) mass is 443 g/mol. The van der Waals surface area contributed by atoms with Crippen LogP contribution in [0.2, 0.25) is 0 Å². The molecule has 2 amide bonds. The standard InChI is InChI=1S/C28H29NO4/c1-16-13-19-14-22(16)24-23(19)25(30)29(26(24)31)21-11-7-18(8-12-21)27(32)33-15-17-5-9-20(10-6-17)28(2,3)4/h5-13,19,22-24H,14-15H2,1-4H3/t19-,22-,23-,24-/m1/s1. The lowest BCUT2D eigenvalue weighted by Gasteiger charge is -2.19. The van der Waals surface area contributed by atoms with Gasteiger partial charge in [-0.25, -0.2) is 4.79 Å². The summed E-state index contributed by atoms with van der Waals surface area (Å²) in [6, 6.07) is 14.6. The zero-order valence-corrected chi connectivity index (χ0v) is 19.5. The van der Waals surface area contributed by atoms with Crippen molar-refractivity contribution in [1.29, 1.82) is 0 Å². The molecule has 2 aromatic rings. The molecule has 2 bridgehead atoms. The summed E-state index contributed by atoms with van der Waals surface area (Å²) in [6.07, 6.45) is 3.08. The maximum atomic E-state index is 13.1. The van der Waals surface area contributed by atoms with E-state index in [0.29, 0.717) is 11.3 Å². The average Bonchev–Trinajstić information content (AvgIpc) is 3.42. The smallest absolute Gasteiger partial charge is 0.338 e. The lowest BCUT2D eigenvalue weighted by atomic mass is 9.82. The van der Waals surface area contributed by atoms with Crippen molar-refractivity contribution >= 4 is 23.5 Å². The molecule has 0 unspecified atom stereocenters. The SMILES string of the molecule is CC1=C[C@@H]2C[C@H]1[C@H]1C(=O)N(c3ccc(C(=O)OCc4ccc(C(C)(C)C)cc4)cc3)C(=O)[C@@H]12. The van der Waals surface area contributed by atoms with Gasteiger partial charge in [0, 0.05) is 0 Å². The second kappa shape index (κ2) is 7.68. The number of nitrogens with zero attached hydrogens (tertiary/aromatic N) is 1. The van der Waals surface area contributed by atoms with Gasteiger partial charge in [0.25, 0.3) is 0 Å². The molecule has 33 heavy (non-hydrogen) atoms. The van der Waals surface area contributed by atoms with Gasteiger partial charge in [0.15, 0.2) is 0 Å². The number of carbonyl (C=O) groups excluding carboxylic acids is 3. The molecule has 3 aliphatic rings. The molecule has 5 nitrogen and oxygen atoms in total. The fourth-order valence-corrected chi connectivity index (χ4v) is 5.61. The molecule has 170 valence electrons. The van der Waals surface area contributed by atoms with Crippen molar-refractivity contribution in [2.75, 3.05) is 4.90 Å². The number of imide groups is 1. The highest BCUT2D eigenvalue weighted by Gasteiger charge is 2.60. The Morgan fingerprint density at radius 3 is 2.24 bits per heavy atom. The van der Waals surface area contributed by atoms with Gasteiger partial charge in [0.1, 0.15) is 6.61 Å². The number of carbonyl (C=O) groups is 3. The van der Waals surface area contributed by atoms with E-state index in [0.717, 1.165) is 12.0 Å². The predicted molar refractivity (Wildman–Crippen MR) is 126 cm³/mol. The molecule has 2 fully saturated rings. The molecule has 1 saturated carbocycles. The van der Waals surface area contributed by atoms with E-state index in [1.807, 2.05) is 12.1 Å². The first kappa shape index (κ1) is 21.6. The summed E-state index contributed by atoms with van der Waals surface area (Å²) < 4.78 is 5.46. The van der Waals surface area contributed by atoms with Crippen LogP contribution in [-0.4, -0.2) is 17.8 Å². The van der Waals surface area contributed by atoms with Gasteiger partial charge in [-0.05, 0) is 66.0 Å². The molecule has 5 heteroatoms. The van der Waals surface area contributed by atoms with Crippen LogP contribution in [0.25, 0.3) is 0 Å². The van der Waals surface area contributed by atoms with E-state index in [1.165, 1.54) is 16.0 Å². The molecule has 1 aliphatic heterocycles. The molecule has 0 N–H and O–H groups in total. The van der Waals surface area contributed by atoms with Crippen LogP contribution in [0, 0.1) is 23.7 Å². The van der Waals surface area contributed by atoms with Crippen molar-refractivity contribution < 1.29 is 19.1 Å². The number of anilines is 1. The van der Waals surface area contributed by atoms with Gasteiger partial charge in [0.2, 0.25) is 11.8 Å². The molecule has 5 rings (SSSR count). The third-order valence-electron chi connectivity index (χ3n) is 7.43. The topological polar surface area (TPSA) is 63.7 Å². The molecular weight excluding hydrogens is 414 g/mol. The molecule has 2 aromatic carbocycles. The summed E-state index contributed by atoms with van der Waals surface area (Å²) in [6.45, 7) is 8.71. The molecule has 1 heterocycles. The number of fused-ring (bicyclic) bond motifs is 5. The maximum absolute atomic E-state index is 13.1. The van der Waals surface area contributed by atoms with Crippen LogP contribution < -0.4 is 4.90 Å². The summed E-state index contributed by atoms with van der Waals surface area (Å²) in [5.74, 6) is -0.770. The summed E-state index contributed by atoms with van der Waals surface area (Å²) in [5.41, 5.74) is 4.36. The Morgan fingerprint density at radius 2 is 1.61 bits per heavy atom. The van der Waals surface area contributed by atoms with Gasteiger partial charge in [-0.1, -0.05) is 56.7 Å². The van der Waals surface area contributed by atoms with E-state index in [9.17, 15) is 14.4 Å². The fourth-order valence-electron chi connectivity index (χ4n) is 5.61. The van der Waals surface area contributed by atoms with Crippen LogP contribution in [0.5, 0.6) is 0 Å². The Balaban J connectivity index is 1.24. The number of amides is 2. The van der Waals surface area contributed by atoms with Crippen LogP contribution in [-0.2, 0) is 26.3 Å². The zero-order valence-electron chi connectivity index (χ0n) is 19.5. The first-order valence-electron chi connectivity index (χ1n) is 11.6. The van der Waals surface area contributed by atoms with Crippen molar-refractivity contribution in [1.82, 2.24) is 0 Å². The third kappa shape index (κ3) is 3.60. The number of esters is 1. The summed E-state index contributed by atoms with van der Waals surface area (Å²) in [7, 11) is 0. The average molecular weight is 444 g/mol. The first-order valence-corrected chi connectivity index (χ1v) is 11.6. The lowest BCUT2D eigenvalue weighted by molar-refractivity contribution is -0.123. The van der Waals surface area contributed by atoms with Crippen molar-refractivity contribution in [3.05, 3.63) is 76.9 Å². The van der Waals surface area contributed by atoms with E-state index in [1.54, 1.807) is 24.3 Å². The molecule has 0 spiro atoms. The highest BCUT2D eigenvalue weighted by Crippen LogP contribution is 2.55. The summed E-state index contributed by atoms with van der Waals surface area (Å²) in [5, 5.41) is 0. The summed E-state index contributed by atoms with van der Waals surface area (Å²) >= 11 is 0. The normalized spacial score (nSPS) is 25.9. The van der Waals surface area contributed by atoms with Crippen LogP contribution >= 0.6 is 0 Å². The number of hydrogen-bond donors (Lipinski definition) is 0. The van der Waals surface area contributed by atoms with Gasteiger partial charge in [-0.3, -0.25) is 14.5 Å². The second-order valence-electron chi connectivity index (χ2n) is 10.6. The number of ether oxygens (including phenoxy) is 1. The number of hydrogen-bond acceptors (Lipinski definition) is 4. The van der Waals surface area contributed by atoms with E-state index in [2.05, 4.69) is 45.9 Å². The molecule has 0 aromatic heterocycles. The summed E-state index contributed by atoms with van der Waals surface area (Å²) in [4.78, 5) is 40.0. The highest BCUT2D eigenvalue weighted by molar-refractivity contribution is 6.23. The van der Waals surface area contributed by atoms with E-state index in [4.69, 9.17) is 4.74 Å². The predicted octanol–water partition coefficient (Wildman–Crippen LogP) is 5.04. The van der Waals surface area contributed by atoms with Gasteiger partial charge >= 0.3 is 5.97 Å². The van der Waals surface area contributed by atoms with Crippen molar-refractivity contribution in [2.45, 2.75) is 46.1 Å². The third-order valence-corrected chi connectivity index (χ3v) is 7.43. The molecule has 4 atom stereocenters. The van der Waals surface area contributed by atoms with E-state index < -0.39 is 5.97 Å². The van der Waals surface area contributed by atoms with Gasteiger partial charge < -0.3 is 4.74 Å². The largest absolute Gasteiger partial charge is 0.457 e. The quantitative estimate of drug-likeness (QED) is 0.377. The Hall–Kier alpha value is -3.21. The van der Waals surface area contributed by atoms with Crippen molar-refractivity contribution in [2.24, 2.45) is 23.7 Å². The minimum Gasteiger partial charge on any atom is -0.457 e. The minimum absolute atomic E-state index is 0.0720. The van der Waals surface area contributed by atoms with Crippen LogP contribution in [0.15, 0.2) is 60.2 Å². The Bertz CT molecular complexity index is 1150. The van der Waals surface area contributed by atoms with Gasteiger partial charge in [0.05, 0.1) is 23.1 Å². The number of benzene rings is 2. The van der Waals surface area contributed by atoms with E-state index >= 15 is 0 Å². The molecule has 1 saturated heterocycles. The Labute approximate surface area is 194 Å². The number of allylic oxidation sites excluding steroid dienone is 2. The second-order valence-corrected chi connectivity index (χ2v) is 10.6.